The monoisotopic (exact) mass is 234 g/mol. The minimum absolute atomic E-state index is 0.140. The molecule has 2 nitrogen and oxygen atoms in total. The van der Waals surface area contributed by atoms with Crippen LogP contribution in [0.25, 0.3) is 27.8 Å². The van der Waals surface area contributed by atoms with Gasteiger partial charge >= 0.3 is 0 Å². The lowest BCUT2D eigenvalue weighted by molar-refractivity contribution is 0.0995. The SMILES string of the molecule is O=C1CC=Cc2oc3cc4ccccc4cc3c21. The van der Waals surface area contributed by atoms with E-state index in [1.165, 1.54) is 0 Å². The topological polar surface area (TPSA) is 30.2 Å². The van der Waals surface area contributed by atoms with Gasteiger partial charge in [0.2, 0.25) is 0 Å². The van der Waals surface area contributed by atoms with E-state index in [2.05, 4.69) is 6.07 Å². The van der Waals surface area contributed by atoms with E-state index in [0.29, 0.717) is 12.2 Å². The molecular formula is C16H10O2. The fourth-order valence-electron chi connectivity index (χ4n) is 2.58. The van der Waals surface area contributed by atoms with Gasteiger partial charge in [-0.2, -0.15) is 0 Å². The van der Waals surface area contributed by atoms with Crippen molar-refractivity contribution in [1.29, 1.82) is 0 Å². The second-order valence-electron chi connectivity index (χ2n) is 4.57. The molecule has 0 fully saturated rings. The molecule has 0 radical (unpaired) electrons. The molecule has 1 aliphatic rings. The molecule has 18 heavy (non-hydrogen) atoms. The number of rotatable bonds is 0. The van der Waals surface area contributed by atoms with Crippen LogP contribution in [0.15, 0.2) is 46.9 Å². The Morgan fingerprint density at radius 1 is 1.06 bits per heavy atom. The molecule has 0 N–H and O–H groups in total. The van der Waals surface area contributed by atoms with Crippen molar-refractivity contribution in [2.75, 3.05) is 0 Å². The molecule has 0 atom stereocenters. The van der Waals surface area contributed by atoms with Crippen molar-refractivity contribution >= 4 is 33.6 Å². The fourth-order valence-corrected chi connectivity index (χ4v) is 2.58. The summed E-state index contributed by atoms with van der Waals surface area (Å²) in [7, 11) is 0. The second-order valence-corrected chi connectivity index (χ2v) is 4.57. The molecule has 0 amide bonds. The van der Waals surface area contributed by atoms with Crippen molar-refractivity contribution < 1.29 is 9.21 Å². The van der Waals surface area contributed by atoms with E-state index in [9.17, 15) is 4.79 Å². The quantitative estimate of drug-likeness (QED) is 0.584. The van der Waals surface area contributed by atoms with Crippen LogP contribution in [-0.4, -0.2) is 5.78 Å². The summed E-state index contributed by atoms with van der Waals surface area (Å²) in [6.07, 6.45) is 4.21. The van der Waals surface area contributed by atoms with Gasteiger partial charge in [-0.3, -0.25) is 4.79 Å². The van der Waals surface area contributed by atoms with Gasteiger partial charge in [-0.15, -0.1) is 0 Å². The lowest BCUT2D eigenvalue weighted by Gasteiger charge is -2.02. The van der Waals surface area contributed by atoms with Crippen LogP contribution in [-0.2, 0) is 0 Å². The Kier molecular flexibility index (Phi) is 1.78. The van der Waals surface area contributed by atoms with E-state index in [4.69, 9.17) is 4.42 Å². The van der Waals surface area contributed by atoms with Crippen LogP contribution < -0.4 is 0 Å². The Morgan fingerprint density at radius 3 is 2.67 bits per heavy atom. The molecular weight excluding hydrogens is 224 g/mol. The number of hydrogen-bond acceptors (Lipinski definition) is 2. The van der Waals surface area contributed by atoms with Crippen molar-refractivity contribution in [2.24, 2.45) is 0 Å². The molecule has 2 aromatic carbocycles. The Labute approximate surface area is 104 Å². The Balaban J connectivity index is 2.18. The maximum absolute atomic E-state index is 12.0. The summed E-state index contributed by atoms with van der Waals surface area (Å²) in [5.41, 5.74) is 1.52. The van der Waals surface area contributed by atoms with Crippen molar-refractivity contribution in [2.45, 2.75) is 6.42 Å². The maximum Gasteiger partial charge on any atom is 0.171 e. The highest BCUT2D eigenvalue weighted by molar-refractivity contribution is 6.14. The van der Waals surface area contributed by atoms with Crippen LogP contribution in [0.4, 0.5) is 0 Å². The van der Waals surface area contributed by atoms with Crippen molar-refractivity contribution in [3.8, 4) is 0 Å². The third kappa shape index (κ3) is 1.20. The van der Waals surface area contributed by atoms with Gasteiger partial charge in [-0.25, -0.2) is 0 Å². The Hall–Kier alpha value is -2.35. The van der Waals surface area contributed by atoms with Crippen molar-refractivity contribution in [3.63, 3.8) is 0 Å². The summed E-state index contributed by atoms with van der Waals surface area (Å²) in [6, 6.07) is 12.2. The van der Waals surface area contributed by atoms with Gasteiger partial charge in [0.05, 0.1) is 5.56 Å². The molecule has 2 heteroatoms. The van der Waals surface area contributed by atoms with Crippen LogP contribution in [0.2, 0.25) is 0 Å². The first-order chi connectivity index (χ1) is 8.83. The summed E-state index contributed by atoms with van der Waals surface area (Å²) < 4.78 is 5.76. The first-order valence-corrected chi connectivity index (χ1v) is 5.98. The summed E-state index contributed by atoms with van der Waals surface area (Å²) in [5.74, 6) is 0.832. The van der Waals surface area contributed by atoms with Gasteiger partial charge in [0.25, 0.3) is 0 Å². The molecule has 0 saturated carbocycles. The number of carbonyl (C=O) groups excluding carboxylic acids is 1. The van der Waals surface area contributed by atoms with Crippen LogP contribution >= 0.6 is 0 Å². The van der Waals surface area contributed by atoms with Crippen LogP contribution in [0.5, 0.6) is 0 Å². The predicted octanol–water partition coefficient (Wildman–Crippen LogP) is 4.19. The zero-order valence-electron chi connectivity index (χ0n) is 9.64. The van der Waals surface area contributed by atoms with Gasteiger partial charge in [0, 0.05) is 11.8 Å². The second kappa shape index (κ2) is 3.33. The molecule has 0 spiro atoms. The number of fused-ring (bicyclic) bond motifs is 4. The standard InChI is InChI=1S/C16H10O2/c17-13-6-3-7-14-16(13)12-8-10-4-1-2-5-11(10)9-15(12)18-14/h1-5,7-9H,6H2. The van der Waals surface area contributed by atoms with Gasteiger partial charge in [-0.05, 0) is 29.0 Å². The van der Waals surface area contributed by atoms with Crippen LogP contribution in [0.1, 0.15) is 22.5 Å². The zero-order valence-corrected chi connectivity index (χ0v) is 9.64. The number of hydrogen-bond donors (Lipinski definition) is 0. The Morgan fingerprint density at radius 2 is 1.83 bits per heavy atom. The smallest absolute Gasteiger partial charge is 0.171 e. The number of carbonyl (C=O) groups is 1. The third-order valence-electron chi connectivity index (χ3n) is 3.43. The van der Waals surface area contributed by atoms with E-state index >= 15 is 0 Å². The predicted molar refractivity (Wildman–Crippen MR) is 71.7 cm³/mol. The highest BCUT2D eigenvalue weighted by Gasteiger charge is 2.21. The molecule has 3 aromatic rings. The number of furan rings is 1. The molecule has 1 aromatic heterocycles. The number of allylic oxidation sites excluding steroid dienone is 1. The third-order valence-corrected chi connectivity index (χ3v) is 3.43. The largest absolute Gasteiger partial charge is 0.456 e. The lowest BCUT2D eigenvalue weighted by atomic mass is 9.98. The Bertz CT molecular complexity index is 822. The first kappa shape index (κ1) is 9.66. The van der Waals surface area contributed by atoms with Gasteiger partial charge in [-0.1, -0.05) is 30.3 Å². The minimum atomic E-state index is 0.140. The average Bonchev–Trinajstić information content (AvgIpc) is 2.74. The van der Waals surface area contributed by atoms with E-state index in [-0.39, 0.29) is 5.78 Å². The molecule has 0 aliphatic heterocycles. The summed E-state index contributed by atoms with van der Waals surface area (Å²) in [6.45, 7) is 0. The number of Topliss-reactive ketones (excluding diaryl/α,β-unsaturated/α-hetero) is 1. The van der Waals surface area contributed by atoms with Gasteiger partial charge in [0.1, 0.15) is 11.3 Å². The fraction of sp³-hybridized carbons (Fsp3) is 0.0625. The maximum atomic E-state index is 12.0. The molecule has 0 unspecified atom stereocenters. The average molecular weight is 234 g/mol. The minimum Gasteiger partial charge on any atom is -0.456 e. The van der Waals surface area contributed by atoms with Gasteiger partial charge < -0.3 is 4.42 Å². The molecule has 1 heterocycles. The lowest BCUT2D eigenvalue weighted by Crippen LogP contribution is -2.01. The molecule has 0 saturated heterocycles. The summed E-state index contributed by atoms with van der Waals surface area (Å²) >= 11 is 0. The molecule has 4 rings (SSSR count). The summed E-state index contributed by atoms with van der Waals surface area (Å²) in [4.78, 5) is 12.0. The van der Waals surface area contributed by atoms with Crippen molar-refractivity contribution in [3.05, 3.63) is 53.8 Å². The molecule has 0 bridgehead atoms. The van der Waals surface area contributed by atoms with E-state index in [1.807, 2.05) is 42.5 Å². The molecule has 86 valence electrons. The van der Waals surface area contributed by atoms with Crippen LogP contribution in [0, 0.1) is 0 Å². The van der Waals surface area contributed by atoms with E-state index in [0.717, 1.165) is 27.3 Å². The first-order valence-electron chi connectivity index (χ1n) is 5.98. The zero-order chi connectivity index (χ0) is 12.1. The highest BCUT2D eigenvalue weighted by atomic mass is 16.3. The van der Waals surface area contributed by atoms with Crippen molar-refractivity contribution in [1.82, 2.24) is 0 Å². The summed E-state index contributed by atoms with van der Waals surface area (Å²) in [5, 5.41) is 3.20. The molecule has 1 aliphatic carbocycles. The van der Waals surface area contributed by atoms with Gasteiger partial charge in [0.15, 0.2) is 5.78 Å². The number of ketones is 1. The van der Waals surface area contributed by atoms with Crippen LogP contribution in [0.3, 0.4) is 0 Å². The van der Waals surface area contributed by atoms with E-state index < -0.39 is 0 Å². The number of benzene rings is 2. The highest BCUT2D eigenvalue weighted by Crippen LogP contribution is 2.33. The van der Waals surface area contributed by atoms with E-state index in [1.54, 1.807) is 0 Å². The normalized spacial score (nSPS) is 14.3.